The van der Waals surface area contributed by atoms with Crippen molar-refractivity contribution in [1.29, 1.82) is 0 Å². The topological polar surface area (TPSA) is 69.3 Å². The van der Waals surface area contributed by atoms with E-state index in [0.717, 1.165) is 5.69 Å². The molecule has 0 radical (unpaired) electrons. The third-order valence-electron chi connectivity index (χ3n) is 2.16. The predicted molar refractivity (Wildman–Crippen MR) is 55.1 cm³/mol. The smallest absolute Gasteiger partial charge is 0.158 e. The van der Waals surface area contributed by atoms with E-state index in [1.807, 2.05) is 18.2 Å². The van der Waals surface area contributed by atoms with E-state index in [0.29, 0.717) is 17.2 Å². The van der Waals surface area contributed by atoms with Crippen LogP contribution in [-0.4, -0.2) is 14.6 Å². The van der Waals surface area contributed by atoms with Crippen molar-refractivity contribution in [3.05, 3.63) is 36.7 Å². The highest BCUT2D eigenvalue weighted by atomic mass is 16.3. The number of hydrogen-bond donors (Lipinski definition) is 1. The molecule has 0 aliphatic carbocycles. The Hall–Kier alpha value is -2.30. The number of nitrogens with zero attached hydrogens (tertiary/aromatic N) is 3. The Bertz CT molecular complexity index is 597. The molecule has 0 saturated heterocycles. The number of rotatable bonds is 1. The summed E-state index contributed by atoms with van der Waals surface area (Å²) in [6.07, 6.45) is 3.26. The highest BCUT2D eigenvalue weighted by molar-refractivity contribution is 5.60. The first-order chi connectivity index (χ1) is 7.34. The third kappa shape index (κ3) is 1.17. The van der Waals surface area contributed by atoms with Crippen LogP contribution in [0.2, 0.25) is 0 Å². The monoisotopic (exact) mass is 200 g/mol. The fraction of sp³-hybridized carbons (Fsp3) is 0. The fourth-order valence-electron chi connectivity index (χ4n) is 1.46. The van der Waals surface area contributed by atoms with Gasteiger partial charge < -0.3 is 10.2 Å². The Morgan fingerprint density at radius 2 is 2.27 bits per heavy atom. The molecule has 3 aromatic heterocycles. The third-order valence-corrected chi connectivity index (χ3v) is 2.16. The second kappa shape index (κ2) is 2.84. The molecule has 0 amide bonds. The molecule has 0 aromatic carbocycles. The van der Waals surface area contributed by atoms with Gasteiger partial charge in [-0.15, -0.1) is 0 Å². The van der Waals surface area contributed by atoms with Crippen molar-refractivity contribution in [2.24, 2.45) is 0 Å². The van der Waals surface area contributed by atoms with Gasteiger partial charge >= 0.3 is 0 Å². The first-order valence-electron chi connectivity index (χ1n) is 4.49. The van der Waals surface area contributed by atoms with Gasteiger partial charge in [0.25, 0.3) is 0 Å². The van der Waals surface area contributed by atoms with Gasteiger partial charge in [0.2, 0.25) is 0 Å². The summed E-state index contributed by atoms with van der Waals surface area (Å²) in [4.78, 5) is 4.15. The minimum Gasteiger partial charge on any atom is -0.463 e. The van der Waals surface area contributed by atoms with Crippen LogP contribution < -0.4 is 5.73 Å². The Morgan fingerprint density at radius 1 is 1.33 bits per heavy atom. The van der Waals surface area contributed by atoms with Crippen molar-refractivity contribution >= 4 is 11.5 Å². The minimum atomic E-state index is 0.554. The van der Waals surface area contributed by atoms with Crippen LogP contribution in [0.15, 0.2) is 41.1 Å². The van der Waals surface area contributed by atoms with Gasteiger partial charge in [-0.05, 0) is 18.2 Å². The zero-order chi connectivity index (χ0) is 10.3. The van der Waals surface area contributed by atoms with Gasteiger partial charge in [0.1, 0.15) is 11.5 Å². The van der Waals surface area contributed by atoms with Crippen LogP contribution in [0.5, 0.6) is 0 Å². The van der Waals surface area contributed by atoms with Crippen molar-refractivity contribution < 1.29 is 4.42 Å². The second-order valence-corrected chi connectivity index (χ2v) is 3.15. The Labute approximate surface area is 85.1 Å². The van der Waals surface area contributed by atoms with Crippen molar-refractivity contribution in [2.45, 2.75) is 0 Å². The summed E-state index contributed by atoms with van der Waals surface area (Å²) in [5.41, 5.74) is 7.19. The molecule has 3 aromatic rings. The molecule has 0 unspecified atom stereocenters. The van der Waals surface area contributed by atoms with E-state index in [4.69, 9.17) is 10.2 Å². The van der Waals surface area contributed by atoms with Gasteiger partial charge in [-0.25, -0.2) is 4.98 Å². The maximum atomic E-state index is 5.75. The van der Waals surface area contributed by atoms with Crippen LogP contribution in [0.4, 0.5) is 5.82 Å². The first kappa shape index (κ1) is 8.05. The average Bonchev–Trinajstić information content (AvgIpc) is 2.86. The van der Waals surface area contributed by atoms with Gasteiger partial charge in [0.05, 0.1) is 6.26 Å². The summed E-state index contributed by atoms with van der Waals surface area (Å²) >= 11 is 0. The molecule has 2 N–H and O–H groups in total. The van der Waals surface area contributed by atoms with E-state index in [1.54, 1.807) is 23.0 Å². The summed E-state index contributed by atoms with van der Waals surface area (Å²) in [6, 6.07) is 7.19. The quantitative estimate of drug-likeness (QED) is 0.647. The molecule has 3 heterocycles. The Balaban J connectivity index is 2.27. The number of furan rings is 1. The molecule has 0 atom stereocenters. The van der Waals surface area contributed by atoms with Crippen molar-refractivity contribution in [3.63, 3.8) is 0 Å². The lowest BCUT2D eigenvalue weighted by Crippen LogP contribution is -1.98. The molecule has 74 valence electrons. The van der Waals surface area contributed by atoms with E-state index in [2.05, 4.69) is 10.1 Å². The summed E-state index contributed by atoms with van der Waals surface area (Å²) in [6.45, 7) is 0. The minimum absolute atomic E-state index is 0.554. The van der Waals surface area contributed by atoms with E-state index in [9.17, 15) is 0 Å². The highest BCUT2D eigenvalue weighted by Crippen LogP contribution is 2.20. The molecule has 0 aliphatic rings. The molecule has 15 heavy (non-hydrogen) atoms. The number of nitrogens with two attached hydrogens (primary N) is 1. The number of fused-ring (bicyclic) bond motifs is 1. The summed E-state index contributed by atoms with van der Waals surface area (Å²) in [7, 11) is 0. The molecule has 3 rings (SSSR count). The van der Waals surface area contributed by atoms with Gasteiger partial charge in [-0.3, -0.25) is 0 Å². The molecule has 5 heteroatoms. The van der Waals surface area contributed by atoms with Gasteiger partial charge in [-0.1, -0.05) is 0 Å². The Kier molecular flexibility index (Phi) is 1.53. The second-order valence-electron chi connectivity index (χ2n) is 3.15. The van der Waals surface area contributed by atoms with Crippen molar-refractivity contribution in [2.75, 3.05) is 5.73 Å². The Morgan fingerprint density at radius 3 is 3.00 bits per heavy atom. The van der Waals surface area contributed by atoms with E-state index >= 15 is 0 Å². The van der Waals surface area contributed by atoms with E-state index < -0.39 is 0 Å². The molecule has 0 aliphatic heterocycles. The molecule has 0 saturated carbocycles. The maximum absolute atomic E-state index is 5.75. The summed E-state index contributed by atoms with van der Waals surface area (Å²) in [5, 5.41) is 4.29. The SMILES string of the molecule is Nc1ccnc2cc(-c3ccco3)nn12. The summed E-state index contributed by atoms with van der Waals surface area (Å²) < 4.78 is 6.83. The van der Waals surface area contributed by atoms with Crippen LogP contribution in [-0.2, 0) is 0 Å². The largest absolute Gasteiger partial charge is 0.463 e. The number of anilines is 1. The molecule has 0 bridgehead atoms. The summed E-state index contributed by atoms with van der Waals surface area (Å²) in [5.74, 6) is 1.26. The fourth-order valence-corrected chi connectivity index (χ4v) is 1.46. The van der Waals surface area contributed by atoms with Crippen LogP contribution in [0.25, 0.3) is 17.1 Å². The number of hydrogen-bond acceptors (Lipinski definition) is 4. The lowest BCUT2D eigenvalue weighted by atomic mass is 10.3. The van der Waals surface area contributed by atoms with Crippen LogP contribution in [0, 0.1) is 0 Å². The lowest BCUT2D eigenvalue weighted by molar-refractivity contribution is 0.579. The van der Waals surface area contributed by atoms with Gasteiger partial charge in [-0.2, -0.15) is 9.61 Å². The van der Waals surface area contributed by atoms with Crippen LogP contribution in [0.1, 0.15) is 0 Å². The van der Waals surface area contributed by atoms with Gasteiger partial charge in [0, 0.05) is 12.3 Å². The first-order valence-corrected chi connectivity index (χ1v) is 4.49. The van der Waals surface area contributed by atoms with Crippen molar-refractivity contribution in [3.8, 4) is 11.5 Å². The van der Waals surface area contributed by atoms with E-state index in [1.165, 1.54) is 0 Å². The maximum Gasteiger partial charge on any atom is 0.158 e. The van der Waals surface area contributed by atoms with Gasteiger partial charge in [0.15, 0.2) is 11.4 Å². The van der Waals surface area contributed by atoms with E-state index in [-0.39, 0.29) is 0 Å². The number of aromatic nitrogens is 3. The van der Waals surface area contributed by atoms with Crippen LogP contribution >= 0.6 is 0 Å². The molecule has 0 fully saturated rings. The normalized spacial score (nSPS) is 10.9. The molecular formula is C10H8N4O. The molecule has 0 spiro atoms. The standard InChI is InChI=1S/C10H8N4O/c11-9-3-4-12-10-6-7(13-14(9)10)8-2-1-5-15-8/h1-6H,11H2. The van der Waals surface area contributed by atoms with Crippen LogP contribution in [0.3, 0.4) is 0 Å². The number of nitrogen functional groups attached to an aromatic ring is 1. The lowest BCUT2D eigenvalue weighted by Gasteiger charge is -1.94. The zero-order valence-corrected chi connectivity index (χ0v) is 7.79. The molecule has 5 nitrogen and oxygen atoms in total. The van der Waals surface area contributed by atoms with Crippen molar-refractivity contribution in [1.82, 2.24) is 14.6 Å². The molecular weight excluding hydrogens is 192 g/mol. The average molecular weight is 200 g/mol. The predicted octanol–water partition coefficient (Wildman–Crippen LogP) is 1.57. The highest BCUT2D eigenvalue weighted by Gasteiger charge is 2.08. The zero-order valence-electron chi connectivity index (χ0n) is 7.79.